The Hall–Kier alpha value is -2.45. The smallest absolute Gasteiger partial charge is 0.340 e. The van der Waals surface area contributed by atoms with Gasteiger partial charge in [0.15, 0.2) is 0 Å². The minimum atomic E-state index is -4.77. The number of hydrogen-bond donors (Lipinski definition) is 1. The maximum Gasteiger partial charge on any atom is 0.340 e. The highest BCUT2D eigenvalue weighted by Gasteiger charge is 2.28. The molecule has 0 radical (unpaired) electrons. The average molecular weight is 887 g/mol. The highest BCUT2D eigenvalue weighted by Crippen LogP contribution is 2.23. The normalized spacial score (nSPS) is 11.9. The SMILES string of the molecule is CCC/C=C/CCCCCCCCCCCCCCCCCCOC(=O)c1cccc(S(=O)(=O)O)c1C(=O)OCCCCCCCCCCCCCCCCCC/C=C/CCC. The molecule has 0 fully saturated rings. The van der Waals surface area contributed by atoms with Crippen molar-refractivity contribution in [2.45, 2.75) is 263 Å². The Labute approximate surface area is 382 Å². The van der Waals surface area contributed by atoms with Gasteiger partial charge in [-0.1, -0.05) is 237 Å². The van der Waals surface area contributed by atoms with Crippen molar-refractivity contribution in [1.29, 1.82) is 0 Å². The standard InChI is InChI=1S/C54H94O7S/c1-3-5-7-9-11-13-15-17-19-21-23-25-27-29-31-33-35-37-39-41-43-48-60-53(55)50-46-45-47-51(62(57,58)59)52(50)54(56)61-49-44-42-40-38-36-34-32-30-28-26-24-22-20-18-16-14-12-10-8-6-4-2/h7-10,45-47H,3-6,11-44,48-49H2,1-2H3,(H,57,58,59)/b9-7+,10-8+. The third-order valence-corrected chi connectivity index (χ3v) is 12.9. The van der Waals surface area contributed by atoms with Gasteiger partial charge >= 0.3 is 11.9 Å². The van der Waals surface area contributed by atoms with Crippen LogP contribution >= 0.6 is 0 Å². The number of esters is 2. The topological polar surface area (TPSA) is 107 Å². The van der Waals surface area contributed by atoms with Gasteiger partial charge in [0.1, 0.15) is 4.90 Å². The molecular formula is C54H94O7S. The van der Waals surface area contributed by atoms with Crippen molar-refractivity contribution in [3.05, 3.63) is 53.6 Å². The molecule has 0 heterocycles. The highest BCUT2D eigenvalue weighted by atomic mass is 32.2. The monoisotopic (exact) mass is 887 g/mol. The van der Waals surface area contributed by atoms with Crippen molar-refractivity contribution in [1.82, 2.24) is 0 Å². The molecular weight excluding hydrogens is 793 g/mol. The lowest BCUT2D eigenvalue weighted by Gasteiger charge is -2.13. The van der Waals surface area contributed by atoms with E-state index in [4.69, 9.17) is 9.47 Å². The Balaban J connectivity index is 2.12. The fourth-order valence-corrected chi connectivity index (χ4v) is 8.79. The number of rotatable bonds is 45. The van der Waals surface area contributed by atoms with Crippen LogP contribution in [-0.2, 0) is 19.6 Å². The van der Waals surface area contributed by atoms with E-state index in [2.05, 4.69) is 38.2 Å². The number of ether oxygens (including phenoxy) is 2. The van der Waals surface area contributed by atoms with Gasteiger partial charge in [-0.25, -0.2) is 9.59 Å². The summed E-state index contributed by atoms with van der Waals surface area (Å²) >= 11 is 0. The fourth-order valence-electron chi connectivity index (χ4n) is 8.09. The van der Waals surface area contributed by atoms with Gasteiger partial charge in [-0.05, 0) is 63.5 Å². The van der Waals surface area contributed by atoms with Crippen LogP contribution in [0.25, 0.3) is 0 Å². The first-order valence-electron chi connectivity index (χ1n) is 26.1. The van der Waals surface area contributed by atoms with Crippen LogP contribution in [0.2, 0.25) is 0 Å². The van der Waals surface area contributed by atoms with Crippen molar-refractivity contribution in [2.75, 3.05) is 13.2 Å². The second kappa shape index (κ2) is 42.5. The molecule has 358 valence electrons. The van der Waals surface area contributed by atoms with Gasteiger partial charge in [0.25, 0.3) is 10.1 Å². The van der Waals surface area contributed by atoms with E-state index < -0.39 is 32.5 Å². The van der Waals surface area contributed by atoms with Crippen LogP contribution in [0.1, 0.15) is 279 Å². The minimum absolute atomic E-state index is 0.113. The molecule has 0 aliphatic rings. The first-order chi connectivity index (χ1) is 30.3. The van der Waals surface area contributed by atoms with E-state index in [1.807, 2.05) is 0 Å². The minimum Gasteiger partial charge on any atom is -0.462 e. The molecule has 0 saturated carbocycles. The van der Waals surface area contributed by atoms with Crippen LogP contribution in [0.5, 0.6) is 0 Å². The largest absolute Gasteiger partial charge is 0.462 e. The van der Waals surface area contributed by atoms with E-state index in [1.54, 1.807) is 0 Å². The van der Waals surface area contributed by atoms with Crippen molar-refractivity contribution in [3.8, 4) is 0 Å². The van der Waals surface area contributed by atoms with Crippen LogP contribution in [-0.4, -0.2) is 38.1 Å². The molecule has 0 atom stereocenters. The lowest BCUT2D eigenvalue weighted by molar-refractivity contribution is 0.0446. The van der Waals surface area contributed by atoms with Gasteiger partial charge < -0.3 is 9.47 Å². The summed E-state index contributed by atoms with van der Waals surface area (Å²) in [6.45, 7) is 4.74. The molecule has 0 aliphatic heterocycles. The fraction of sp³-hybridized carbons (Fsp3) is 0.778. The van der Waals surface area contributed by atoms with E-state index in [0.717, 1.165) is 44.6 Å². The van der Waals surface area contributed by atoms with Crippen molar-refractivity contribution >= 4 is 22.1 Å². The van der Waals surface area contributed by atoms with Crippen LogP contribution in [0.3, 0.4) is 0 Å². The van der Waals surface area contributed by atoms with Gasteiger partial charge in [0, 0.05) is 0 Å². The number of carbonyl (C=O) groups excluding carboxylic acids is 2. The summed E-state index contributed by atoms with van der Waals surface area (Å²) in [5, 5.41) is 0. The van der Waals surface area contributed by atoms with Gasteiger partial charge in [0.05, 0.1) is 24.3 Å². The molecule has 0 spiro atoms. The molecule has 7 nitrogen and oxygen atoms in total. The van der Waals surface area contributed by atoms with Crippen molar-refractivity contribution in [3.63, 3.8) is 0 Å². The molecule has 0 bridgehead atoms. The summed E-state index contributed by atoms with van der Waals surface area (Å²) in [5.41, 5.74) is -0.665. The number of benzene rings is 1. The molecule has 0 amide bonds. The maximum atomic E-state index is 13.1. The second-order valence-electron chi connectivity index (χ2n) is 17.8. The quantitative estimate of drug-likeness (QED) is 0.0301. The third kappa shape index (κ3) is 34.0. The number of unbranched alkanes of at least 4 members (excludes halogenated alkanes) is 34. The molecule has 1 rings (SSSR count). The summed E-state index contributed by atoms with van der Waals surface area (Å²) in [6, 6.07) is 3.78. The van der Waals surface area contributed by atoms with E-state index in [-0.39, 0.29) is 18.8 Å². The molecule has 1 aromatic rings. The Bertz CT molecular complexity index is 1370. The maximum absolute atomic E-state index is 13.1. The van der Waals surface area contributed by atoms with Crippen LogP contribution < -0.4 is 0 Å². The predicted octanol–water partition coefficient (Wildman–Crippen LogP) is 17.2. The van der Waals surface area contributed by atoms with E-state index in [0.29, 0.717) is 12.8 Å². The first kappa shape index (κ1) is 57.6. The van der Waals surface area contributed by atoms with E-state index in [1.165, 1.54) is 205 Å². The molecule has 1 N–H and O–H groups in total. The molecule has 1 aromatic carbocycles. The van der Waals surface area contributed by atoms with Gasteiger partial charge in [-0.2, -0.15) is 8.42 Å². The van der Waals surface area contributed by atoms with Crippen LogP contribution in [0, 0.1) is 0 Å². The number of carbonyl (C=O) groups is 2. The predicted molar refractivity (Wildman–Crippen MR) is 262 cm³/mol. The average Bonchev–Trinajstić information content (AvgIpc) is 3.26. The van der Waals surface area contributed by atoms with Gasteiger partial charge in [-0.15, -0.1) is 0 Å². The Morgan fingerprint density at radius 1 is 0.435 bits per heavy atom. The number of allylic oxidation sites excluding steroid dienone is 4. The Morgan fingerprint density at radius 3 is 1.05 bits per heavy atom. The summed E-state index contributed by atoms with van der Waals surface area (Å²) in [6.07, 6.45) is 56.4. The molecule has 0 aliphatic carbocycles. The molecule has 0 aromatic heterocycles. The zero-order valence-corrected chi connectivity index (χ0v) is 40.9. The lowest BCUT2D eigenvalue weighted by atomic mass is 10.0. The van der Waals surface area contributed by atoms with Crippen molar-refractivity contribution in [2.24, 2.45) is 0 Å². The van der Waals surface area contributed by atoms with Gasteiger partial charge in [0.2, 0.25) is 0 Å². The summed E-state index contributed by atoms with van der Waals surface area (Å²) in [4.78, 5) is 25.5. The summed E-state index contributed by atoms with van der Waals surface area (Å²) in [5.74, 6) is -1.73. The summed E-state index contributed by atoms with van der Waals surface area (Å²) < 4.78 is 45.0. The van der Waals surface area contributed by atoms with Crippen molar-refractivity contribution < 1.29 is 32.0 Å². The van der Waals surface area contributed by atoms with Gasteiger partial charge in [-0.3, -0.25) is 4.55 Å². The Kier molecular flexibility index (Phi) is 39.5. The Morgan fingerprint density at radius 2 is 0.726 bits per heavy atom. The third-order valence-electron chi connectivity index (χ3n) is 12.0. The van der Waals surface area contributed by atoms with Crippen LogP contribution in [0.15, 0.2) is 47.4 Å². The second-order valence-corrected chi connectivity index (χ2v) is 19.2. The van der Waals surface area contributed by atoms with E-state index >= 15 is 0 Å². The molecule has 0 unspecified atom stereocenters. The first-order valence-corrected chi connectivity index (χ1v) is 27.5. The number of hydrogen-bond acceptors (Lipinski definition) is 6. The molecule has 62 heavy (non-hydrogen) atoms. The highest BCUT2D eigenvalue weighted by molar-refractivity contribution is 7.86. The molecule has 8 heteroatoms. The molecule has 0 saturated heterocycles. The van der Waals surface area contributed by atoms with Crippen LogP contribution in [0.4, 0.5) is 0 Å². The summed E-state index contributed by atoms with van der Waals surface area (Å²) in [7, 11) is -4.77. The zero-order chi connectivity index (χ0) is 45.0. The lowest BCUT2D eigenvalue weighted by Crippen LogP contribution is -2.19. The zero-order valence-electron chi connectivity index (χ0n) is 40.1. The van der Waals surface area contributed by atoms with E-state index in [9.17, 15) is 22.6 Å².